The molecule has 2 heterocycles. The number of nitrogens with zero attached hydrogens (tertiary/aromatic N) is 3. The van der Waals surface area contributed by atoms with Crippen LogP contribution in [0.1, 0.15) is 10.5 Å². The van der Waals surface area contributed by atoms with Crippen LogP contribution in [0.15, 0.2) is 24.7 Å². The number of hydrogen-bond acceptors (Lipinski definition) is 6. The number of aromatic nitrogens is 2. The Hall–Kier alpha value is -2.38. The van der Waals surface area contributed by atoms with Crippen LogP contribution >= 0.6 is 0 Å². The fourth-order valence-electron chi connectivity index (χ4n) is 1.06. The summed E-state index contributed by atoms with van der Waals surface area (Å²) in [6.07, 6.45) is 1.17. The average molecular weight is 225 g/mol. The average Bonchev–Trinajstić information content (AvgIpc) is 2.60. The lowest BCUT2D eigenvalue weighted by atomic mass is 10.4. The summed E-state index contributed by atoms with van der Waals surface area (Å²) in [5.74, 6) is -0.635. The van der Waals surface area contributed by atoms with E-state index in [1.165, 1.54) is 11.1 Å². The van der Waals surface area contributed by atoms with E-state index in [-0.39, 0.29) is 11.5 Å². The van der Waals surface area contributed by atoms with Gasteiger partial charge in [0.05, 0.1) is 6.20 Å². The molecule has 0 radical (unpaired) electrons. The van der Waals surface area contributed by atoms with Gasteiger partial charge < -0.3 is 13.8 Å². The van der Waals surface area contributed by atoms with Crippen molar-refractivity contribution in [1.29, 1.82) is 0 Å². The fraction of sp³-hybridized carbons (Fsp3) is 0.250. The fourth-order valence-corrected chi connectivity index (χ4v) is 1.06. The van der Waals surface area contributed by atoms with Crippen molar-refractivity contribution in [3.8, 4) is 0 Å². The molecule has 2 aromatic heterocycles. The van der Waals surface area contributed by atoms with Crippen LogP contribution in [0.25, 0.3) is 5.84 Å². The van der Waals surface area contributed by atoms with Gasteiger partial charge in [-0.1, -0.05) is 0 Å². The minimum Gasteiger partial charge on any atom is -0.381 e. The summed E-state index contributed by atoms with van der Waals surface area (Å²) in [5.41, 5.74) is -2.31. The molecule has 2 aromatic rings. The van der Waals surface area contributed by atoms with E-state index >= 15 is 0 Å². The maximum atomic E-state index is 11.5. The van der Waals surface area contributed by atoms with Crippen molar-refractivity contribution in [3.05, 3.63) is 32.7 Å². The number of fused-ring (bicyclic) bond motifs is 1. The van der Waals surface area contributed by atoms with Crippen LogP contribution < -0.4 is 11.3 Å². The normalized spacial score (nSPS) is 10.6. The first-order chi connectivity index (χ1) is 7.49. The standard InChI is InChI=1S/C8H7N3O5/c1-10(2)5(12)4-3-11-8(9-4)15-6(13)7(14)16-11/h3H,1-2H3. The summed E-state index contributed by atoms with van der Waals surface area (Å²) in [6.45, 7) is 0. The number of hydrogen-bond donors (Lipinski definition) is 0. The molecular formula is C8H7N3O5. The highest BCUT2D eigenvalue weighted by molar-refractivity contribution is 5.92. The van der Waals surface area contributed by atoms with Crippen molar-refractivity contribution >= 4 is 11.8 Å². The van der Waals surface area contributed by atoms with Crippen LogP contribution in [-0.2, 0) is 0 Å². The predicted molar refractivity (Wildman–Crippen MR) is 50.3 cm³/mol. The number of amides is 1. The highest BCUT2D eigenvalue weighted by Gasteiger charge is 2.15. The van der Waals surface area contributed by atoms with Crippen molar-refractivity contribution in [2.75, 3.05) is 14.1 Å². The topological polar surface area (TPSA) is 98.0 Å². The molecule has 16 heavy (non-hydrogen) atoms. The maximum absolute atomic E-state index is 11.5. The number of imidazole rings is 1. The molecule has 0 atom stereocenters. The molecule has 8 heteroatoms. The molecule has 0 unspecified atom stereocenters. The van der Waals surface area contributed by atoms with Gasteiger partial charge in [-0.3, -0.25) is 4.79 Å². The molecule has 0 N–H and O–H groups in total. The Balaban J connectivity index is 2.65. The van der Waals surface area contributed by atoms with Crippen molar-refractivity contribution in [3.63, 3.8) is 0 Å². The molecule has 0 aliphatic rings. The van der Waals surface area contributed by atoms with Gasteiger partial charge in [0, 0.05) is 14.1 Å². The van der Waals surface area contributed by atoms with Crippen LogP contribution in [0.4, 0.5) is 0 Å². The van der Waals surface area contributed by atoms with Crippen LogP contribution in [0.5, 0.6) is 0 Å². The summed E-state index contributed by atoms with van der Waals surface area (Å²) in [4.78, 5) is 38.1. The maximum Gasteiger partial charge on any atom is 0.442 e. The first-order valence-electron chi connectivity index (χ1n) is 4.24. The van der Waals surface area contributed by atoms with E-state index in [4.69, 9.17) is 0 Å². The van der Waals surface area contributed by atoms with E-state index in [2.05, 4.69) is 13.9 Å². The Morgan fingerprint density at radius 3 is 2.69 bits per heavy atom. The van der Waals surface area contributed by atoms with Crippen LogP contribution in [0, 0.1) is 0 Å². The van der Waals surface area contributed by atoms with Crippen LogP contribution in [0.2, 0.25) is 0 Å². The second-order valence-electron chi connectivity index (χ2n) is 3.20. The Kier molecular flexibility index (Phi) is 2.11. The Morgan fingerprint density at radius 2 is 2.06 bits per heavy atom. The molecule has 0 saturated heterocycles. The lowest BCUT2D eigenvalue weighted by Crippen LogP contribution is -2.22. The zero-order valence-electron chi connectivity index (χ0n) is 8.46. The molecule has 0 aliphatic carbocycles. The third kappa shape index (κ3) is 1.49. The van der Waals surface area contributed by atoms with Crippen molar-refractivity contribution < 1.29 is 13.7 Å². The molecule has 0 saturated carbocycles. The first kappa shape index (κ1) is 10.1. The molecule has 0 fully saturated rings. The van der Waals surface area contributed by atoms with E-state index in [1.807, 2.05) is 0 Å². The van der Waals surface area contributed by atoms with Crippen LogP contribution in [-0.4, -0.2) is 34.5 Å². The summed E-state index contributed by atoms with van der Waals surface area (Å²) < 4.78 is 9.88. The molecule has 84 valence electrons. The molecule has 0 aliphatic heterocycles. The zero-order valence-corrected chi connectivity index (χ0v) is 8.46. The summed E-state index contributed by atoms with van der Waals surface area (Å²) in [6, 6.07) is 0. The Morgan fingerprint density at radius 1 is 1.38 bits per heavy atom. The molecule has 1 amide bonds. The Labute approximate surface area is 87.7 Å². The lowest BCUT2D eigenvalue weighted by Gasteiger charge is -2.05. The second kappa shape index (κ2) is 3.33. The van der Waals surface area contributed by atoms with E-state index in [9.17, 15) is 14.4 Å². The van der Waals surface area contributed by atoms with Gasteiger partial charge in [-0.2, -0.15) is 4.98 Å². The molecule has 0 spiro atoms. The van der Waals surface area contributed by atoms with Gasteiger partial charge in [-0.15, -0.1) is 4.57 Å². The minimum atomic E-state index is -1.16. The highest BCUT2D eigenvalue weighted by atomic mass is 16.6. The number of rotatable bonds is 1. The first-order valence-corrected chi connectivity index (χ1v) is 4.24. The third-order valence-corrected chi connectivity index (χ3v) is 1.80. The summed E-state index contributed by atoms with van der Waals surface area (Å²) in [5, 5.41) is 0. The van der Waals surface area contributed by atoms with Gasteiger partial charge in [0.15, 0.2) is 5.69 Å². The SMILES string of the molecule is CN(C)C(=O)c1cn2oc(=O)c(=O)oc2n1. The molecule has 0 bridgehead atoms. The Bertz CT molecular complexity index is 615. The molecule has 0 aromatic carbocycles. The molecule has 2 rings (SSSR count). The van der Waals surface area contributed by atoms with E-state index in [1.54, 1.807) is 14.1 Å². The van der Waals surface area contributed by atoms with Gasteiger partial charge >= 0.3 is 17.1 Å². The van der Waals surface area contributed by atoms with Gasteiger partial charge in [0.1, 0.15) is 0 Å². The smallest absolute Gasteiger partial charge is 0.381 e. The largest absolute Gasteiger partial charge is 0.442 e. The van der Waals surface area contributed by atoms with Gasteiger partial charge in [-0.25, -0.2) is 9.59 Å². The van der Waals surface area contributed by atoms with Crippen molar-refractivity contribution in [2.24, 2.45) is 0 Å². The number of carbonyl (C=O) groups excluding carboxylic acids is 1. The lowest BCUT2D eigenvalue weighted by molar-refractivity contribution is 0.0822. The van der Waals surface area contributed by atoms with E-state index < -0.39 is 17.2 Å². The predicted octanol–water partition coefficient (Wildman–Crippen LogP) is -1.06. The van der Waals surface area contributed by atoms with Gasteiger partial charge in [0.2, 0.25) is 0 Å². The van der Waals surface area contributed by atoms with Gasteiger partial charge in [0.25, 0.3) is 5.91 Å². The van der Waals surface area contributed by atoms with Crippen molar-refractivity contribution in [2.45, 2.75) is 0 Å². The third-order valence-electron chi connectivity index (χ3n) is 1.80. The summed E-state index contributed by atoms with van der Waals surface area (Å²) >= 11 is 0. The monoisotopic (exact) mass is 225 g/mol. The molecule has 8 nitrogen and oxygen atoms in total. The quantitative estimate of drug-likeness (QED) is 0.574. The zero-order chi connectivity index (χ0) is 11.9. The van der Waals surface area contributed by atoms with Gasteiger partial charge in [-0.05, 0) is 0 Å². The second-order valence-corrected chi connectivity index (χ2v) is 3.20. The highest BCUT2D eigenvalue weighted by Crippen LogP contribution is 2.03. The van der Waals surface area contributed by atoms with Crippen molar-refractivity contribution in [1.82, 2.24) is 14.5 Å². The van der Waals surface area contributed by atoms with E-state index in [0.717, 1.165) is 4.57 Å². The van der Waals surface area contributed by atoms with Crippen LogP contribution in [0.3, 0.4) is 0 Å². The summed E-state index contributed by atoms with van der Waals surface area (Å²) in [7, 11) is 3.08. The minimum absolute atomic E-state index is 0.0162. The number of carbonyl (C=O) groups is 1. The molecular weight excluding hydrogens is 218 g/mol. The van der Waals surface area contributed by atoms with E-state index in [0.29, 0.717) is 0 Å².